The van der Waals surface area contributed by atoms with E-state index in [1.54, 1.807) is 36.4 Å². The first-order valence-electron chi connectivity index (χ1n) is 22.9. The number of sulfonamides is 2. The Labute approximate surface area is 483 Å². The van der Waals surface area contributed by atoms with Gasteiger partial charge in [-0.05, 0) is 117 Å². The first kappa shape index (κ1) is 63.3. The molecule has 0 aliphatic carbocycles. The Bertz CT molecular complexity index is 3690. The molecule has 0 atom stereocenters. The van der Waals surface area contributed by atoms with Crippen molar-refractivity contribution in [1.29, 1.82) is 0 Å². The van der Waals surface area contributed by atoms with Crippen molar-refractivity contribution >= 4 is 140 Å². The molecule has 4 heterocycles. The van der Waals surface area contributed by atoms with Crippen molar-refractivity contribution in [1.82, 2.24) is 19.9 Å². The van der Waals surface area contributed by atoms with Gasteiger partial charge in [0.05, 0.1) is 45.1 Å². The van der Waals surface area contributed by atoms with E-state index in [4.69, 9.17) is 65.9 Å². The van der Waals surface area contributed by atoms with Gasteiger partial charge in [-0.15, -0.1) is 0 Å². The van der Waals surface area contributed by atoms with Gasteiger partial charge in [0.25, 0.3) is 32.9 Å². The van der Waals surface area contributed by atoms with Crippen LogP contribution >= 0.6 is 62.3 Å². The Balaban J connectivity index is 0.000000222. The lowest BCUT2D eigenvalue weighted by Gasteiger charge is -2.32. The molecule has 0 amide bonds. The largest absolute Gasteiger partial charge is 0.488 e. The normalized spacial score (nSPS) is 14.6. The number of fused-ring (bicyclic) bond motifs is 2. The van der Waals surface area contributed by atoms with Crippen molar-refractivity contribution < 1.29 is 72.3 Å². The van der Waals surface area contributed by atoms with Gasteiger partial charge in [-0.3, -0.25) is 9.59 Å². The summed E-state index contributed by atoms with van der Waals surface area (Å²) in [7, 11) is -11.4. The van der Waals surface area contributed by atoms with Gasteiger partial charge in [0, 0.05) is 44.9 Å². The highest BCUT2D eigenvalue weighted by Gasteiger charge is 2.47. The summed E-state index contributed by atoms with van der Waals surface area (Å²) in [6, 6.07) is 17.2. The molecule has 2 N–H and O–H groups in total. The van der Waals surface area contributed by atoms with E-state index in [0.717, 1.165) is 36.9 Å². The van der Waals surface area contributed by atoms with Crippen LogP contribution in [0.1, 0.15) is 64.1 Å². The molecule has 0 saturated heterocycles. The standard InChI is InChI=1S/C25H20Cl2F3N3O4S.C19H16BrClF3N3O4S.C6H6BClO2/c1-25(2,3)24(34)37-21-20-23(32-10-9-31-20)33(12-17(29)30)38(35,36)22(21)18-16(28)8-7-15(19(18)27)13-5-4-6-14(26)11-13;1-19(2,3)18(28)31-15-14-17(26-7-6-25-14)27(8-11(23)24)32(29,30)16(15)12-10(22)5-4-9(20)13(12)21;8-6-3-1-2-5(4-6)7(9)10/h4-11,17H,12H2,1-3H3;4-7,11H,8H2,1-3H3;1-4,9-10H. The summed E-state index contributed by atoms with van der Waals surface area (Å²) < 4.78 is 151. The first-order chi connectivity index (χ1) is 37.2. The second kappa shape index (κ2) is 25.1. The molecule has 2 aromatic heterocycles. The summed E-state index contributed by atoms with van der Waals surface area (Å²) in [5.74, 6) is -6.26. The van der Waals surface area contributed by atoms with Crippen molar-refractivity contribution in [3.8, 4) is 11.1 Å². The molecule has 30 heteroatoms. The number of anilines is 2. The smallest absolute Gasteiger partial charge is 0.423 e. The number of halogens is 11. The van der Waals surface area contributed by atoms with Crippen molar-refractivity contribution in [2.75, 3.05) is 21.7 Å². The van der Waals surface area contributed by atoms with Crippen LogP contribution in [0.4, 0.5) is 38.0 Å². The molecule has 4 aromatic carbocycles. The van der Waals surface area contributed by atoms with E-state index in [-0.39, 0.29) is 31.5 Å². The van der Waals surface area contributed by atoms with Gasteiger partial charge in [-0.2, -0.15) is 0 Å². The van der Waals surface area contributed by atoms with Crippen LogP contribution in [-0.4, -0.2) is 91.8 Å². The van der Waals surface area contributed by atoms with Crippen molar-refractivity contribution in [3.05, 3.63) is 156 Å². The average Bonchev–Trinajstić information content (AvgIpc) is 3.05. The van der Waals surface area contributed by atoms with Crippen LogP contribution < -0.4 is 14.1 Å². The van der Waals surface area contributed by atoms with Gasteiger partial charge in [-0.1, -0.05) is 70.7 Å². The summed E-state index contributed by atoms with van der Waals surface area (Å²) in [5, 5.41) is 17.4. The van der Waals surface area contributed by atoms with E-state index in [9.17, 15) is 48.4 Å². The fraction of sp³-hybridized carbons (Fsp3) is 0.240. The van der Waals surface area contributed by atoms with Gasteiger partial charge in [0.1, 0.15) is 21.4 Å². The lowest BCUT2D eigenvalue weighted by atomic mass is 9.81. The topological polar surface area (TPSA) is 219 Å². The Morgan fingerprint density at radius 1 is 0.625 bits per heavy atom. The van der Waals surface area contributed by atoms with Crippen LogP contribution in [0, 0.1) is 22.5 Å². The summed E-state index contributed by atoms with van der Waals surface area (Å²) in [4.78, 5) is 39.5. The molecule has 0 bridgehead atoms. The lowest BCUT2D eigenvalue weighted by Crippen LogP contribution is -2.40. The van der Waals surface area contributed by atoms with E-state index in [0.29, 0.717) is 29.7 Å². The zero-order valence-corrected chi connectivity index (χ0v) is 48.4. The molecule has 2 aliphatic rings. The molecule has 8 rings (SSSR count). The molecule has 80 heavy (non-hydrogen) atoms. The molecule has 16 nitrogen and oxygen atoms in total. The minimum absolute atomic E-state index is 0.130. The van der Waals surface area contributed by atoms with Crippen LogP contribution in [0.3, 0.4) is 0 Å². The Morgan fingerprint density at radius 2 is 1.04 bits per heavy atom. The molecule has 0 radical (unpaired) electrons. The Kier molecular flexibility index (Phi) is 19.9. The maximum absolute atomic E-state index is 15.5. The summed E-state index contributed by atoms with van der Waals surface area (Å²) in [5.41, 5.74) is -3.21. The fourth-order valence-corrected chi connectivity index (χ4v) is 11.9. The van der Waals surface area contributed by atoms with Gasteiger partial charge in [0.2, 0.25) is 0 Å². The molecular formula is C50H42BBrCl4F6N6O10S2. The van der Waals surface area contributed by atoms with Crippen LogP contribution in [-0.2, 0) is 39.1 Å². The number of carbonyl (C=O) groups is 2. The van der Waals surface area contributed by atoms with E-state index in [1.807, 2.05) is 0 Å². The Hall–Kier alpha value is -5.84. The van der Waals surface area contributed by atoms with Gasteiger partial charge in [0.15, 0.2) is 34.5 Å². The number of alkyl halides is 4. The van der Waals surface area contributed by atoms with Gasteiger partial charge >= 0.3 is 19.1 Å². The number of aromatic nitrogens is 4. The van der Waals surface area contributed by atoms with E-state index < -0.39 is 132 Å². The first-order valence-corrected chi connectivity index (χ1v) is 28.1. The van der Waals surface area contributed by atoms with Crippen LogP contribution in [0.2, 0.25) is 20.1 Å². The predicted octanol–water partition coefficient (Wildman–Crippen LogP) is 11.3. The second-order valence-corrected chi connectivity index (χ2v) is 24.9. The highest BCUT2D eigenvalue weighted by molar-refractivity contribution is 9.10. The molecule has 424 valence electrons. The number of hydrogen-bond acceptors (Lipinski definition) is 14. The van der Waals surface area contributed by atoms with Crippen LogP contribution in [0.5, 0.6) is 0 Å². The maximum Gasteiger partial charge on any atom is 0.488 e. The average molecular weight is 1300 g/mol. The number of esters is 2. The van der Waals surface area contributed by atoms with E-state index >= 15 is 4.39 Å². The number of nitrogens with zero attached hydrogens (tertiary/aromatic N) is 6. The number of carbonyl (C=O) groups excluding carboxylic acids is 2. The molecule has 6 aromatic rings. The van der Waals surface area contributed by atoms with Crippen molar-refractivity contribution in [2.24, 2.45) is 10.8 Å². The SMILES string of the molecule is CC(C)(C)C(=O)OC1=C(c2c(F)ccc(-c3cccc(Cl)c3)c2Cl)S(=O)(=O)N(CC(F)F)c2nccnc21.CC(C)(C)C(=O)OC1=C(c2c(F)ccc(Br)c2Cl)S(=O)(=O)N(CC(F)F)c2nccnc21.OB(O)c1cccc(Cl)c1. The van der Waals surface area contributed by atoms with E-state index in [2.05, 4.69) is 35.9 Å². The highest BCUT2D eigenvalue weighted by atomic mass is 79.9. The summed E-state index contributed by atoms with van der Waals surface area (Å²) >= 11 is 27.6. The highest BCUT2D eigenvalue weighted by Crippen LogP contribution is 2.49. The molecule has 0 saturated carbocycles. The van der Waals surface area contributed by atoms with Crippen molar-refractivity contribution in [3.63, 3.8) is 0 Å². The third-order valence-corrected chi connectivity index (χ3v) is 16.6. The zero-order valence-electron chi connectivity index (χ0n) is 42.2. The van der Waals surface area contributed by atoms with E-state index in [1.165, 1.54) is 65.8 Å². The van der Waals surface area contributed by atoms with Gasteiger partial charge in [-0.25, -0.2) is 71.7 Å². The Morgan fingerprint density at radius 3 is 1.44 bits per heavy atom. The minimum Gasteiger partial charge on any atom is -0.423 e. The number of benzene rings is 4. The monoisotopic (exact) mass is 1290 g/mol. The van der Waals surface area contributed by atoms with Gasteiger partial charge < -0.3 is 19.5 Å². The number of ether oxygens (including phenoxy) is 2. The molecule has 0 unspecified atom stereocenters. The number of hydrogen-bond donors (Lipinski definition) is 2. The lowest BCUT2D eigenvalue weighted by molar-refractivity contribution is -0.146. The summed E-state index contributed by atoms with van der Waals surface area (Å²) in [6.07, 6.45) is -1.74. The minimum atomic E-state index is -5.02. The van der Waals surface area contributed by atoms with Crippen LogP contribution in [0.25, 0.3) is 32.5 Å². The second-order valence-electron chi connectivity index (χ2n) is 18.8. The maximum atomic E-state index is 15.5. The summed E-state index contributed by atoms with van der Waals surface area (Å²) in [6.45, 7) is 6.49. The third-order valence-electron chi connectivity index (χ3n) is 10.9. The molecular weight excluding hydrogens is 1260 g/mol. The third kappa shape index (κ3) is 13.9. The fourth-order valence-electron chi connectivity index (χ4n) is 7.07. The quantitative estimate of drug-likeness (QED) is 0.0564. The molecule has 2 aliphatic heterocycles. The van der Waals surface area contributed by atoms with Crippen LogP contribution in [0.15, 0.2) is 102 Å². The predicted molar refractivity (Wildman–Crippen MR) is 296 cm³/mol. The molecule has 0 spiro atoms. The zero-order chi connectivity index (χ0) is 59.6. The molecule has 0 fully saturated rings. The van der Waals surface area contributed by atoms with Crippen molar-refractivity contribution in [2.45, 2.75) is 54.4 Å². The number of rotatable bonds is 10.